The van der Waals surface area contributed by atoms with Gasteiger partial charge in [0.05, 0.1) is 15.5 Å². The van der Waals surface area contributed by atoms with Crippen LogP contribution in [0.3, 0.4) is 0 Å². The van der Waals surface area contributed by atoms with Crippen molar-refractivity contribution >= 4 is 22.6 Å². The largest absolute Gasteiger partial charge is 0.310 e. The monoisotopic (exact) mass is 381 g/mol. The van der Waals surface area contributed by atoms with Gasteiger partial charge in [0.15, 0.2) is 0 Å². The summed E-state index contributed by atoms with van der Waals surface area (Å²) in [4.78, 5) is 0. The van der Waals surface area contributed by atoms with E-state index in [1.54, 1.807) is 0 Å². The summed E-state index contributed by atoms with van der Waals surface area (Å²) < 4.78 is 3.10. The summed E-state index contributed by atoms with van der Waals surface area (Å²) in [5.41, 5.74) is 2.47. The molecule has 20 heavy (non-hydrogen) atoms. The predicted octanol–water partition coefficient (Wildman–Crippen LogP) is 3.90. The highest BCUT2D eigenvalue weighted by Gasteiger charge is 2.12. The Morgan fingerprint density at radius 2 is 2.10 bits per heavy atom. The van der Waals surface area contributed by atoms with Crippen LogP contribution in [0.1, 0.15) is 37.7 Å². The molecule has 4 heteroatoms. The lowest BCUT2D eigenvalue weighted by Gasteiger charge is -2.23. The van der Waals surface area contributed by atoms with Gasteiger partial charge in [0.1, 0.15) is 0 Å². The Hall–Kier alpha value is -0.880. The van der Waals surface area contributed by atoms with Crippen molar-refractivity contribution < 1.29 is 0 Å². The zero-order chi connectivity index (χ0) is 13.8. The molecule has 1 fully saturated rings. The maximum absolute atomic E-state index is 4.37. The molecule has 1 aromatic carbocycles. The second-order valence-corrected chi connectivity index (χ2v) is 6.73. The summed E-state index contributed by atoms with van der Waals surface area (Å²) >= 11 is 2.29. The van der Waals surface area contributed by atoms with Gasteiger partial charge in [-0.1, -0.05) is 31.4 Å². The lowest BCUT2D eigenvalue weighted by molar-refractivity contribution is 0.372. The van der Waals surface area contributed by atoms with Gasteiger partial charge >= 0.3 is 0 Å². The van der Waals surface area contributed by atoms with Gasteiger partial charge in [-0.15, -0.1) is 0 Å². The number of nitrogens with one attached hydrogen (secondary N) is 1. The summed E-state index contributed by atoms with van der Waals surface area (Å²) in [6.45, 7) is 0.955. The number of halogens is 1. The maximum atomic E-state index is 4.37. The molecule has 1 aliphatic carbocycles. The Kier molecular flexibility index (Phi) is 4.73. The van der Waals surface area contributed by atoms with Crippen LogP contribution in [0.25, 0.3) is 5.69 Å². The Bertz CT molecular complexity index is 558. The van der Waals surface area contributed by atoms with Crippen LogP contribution in [0.4, 0.5) is 0 Å². The van der Waals surface area contributed by atoms with E-state index in [4.69, 9.17) is 0 Å². The molecule has 0 unspecified atom stereocenters. The van der Waals surface area contributed by atoms with E-state index in [1.165, 1.54) is 37.7 Å². The molecule has 0 aliphatic heterocycles. The Morgan fingerprint density at radius 3 is 2.85 bits per heavy atom. The van der Waals surface area contributed by atoms with Crippen LogP contribution in [-0.4, -0.2) is 15.8 Å². The van der Waals surface area contributed by atoms with Crippen molar-refractivity contribution in [2.24, 2.45) is 0 Å². The number of rotatable bonds is 4. The summed E-state index contributed by atoms with van der Waals surface area (Å²) in [5, 5.41) is 8.06. The molecule has 0 amide bonds. The average Bonchev–Trinajstić information content (AvgIpc) is 2.93. The molecule has 1 saturated carbocycles. The topological polar surface area (TPSA) is 29.9 Å². The minimum absolute atomic E-state index is 0.707. The predicted molar refractivity (Wildman–Crippen MR) is 90.0 cm³/mol. The first-order chi connectivity index (χ1) is 9.81. The van der Waals surface area contributed by atoms with E-state index < -0.39 is 0 Å². The molecular formula is C16H20IN3. The Labute approximate surface area is 133 Å². The molecule has 3 rings (SSSR count). The summed E-state index contributed by atoms with van der Waals surface area (Å²) in [6, 6.07) is 9.33. The molecule has 106 valence electrons. The van der Waals surface area contributed by atoms with E-state index in [0.29, 0.717) is 6.04 Å². The lowest BCUT2D eigenvalue weighted by Crippen LogP contribution is -2.30. The maximum Gasteiger partial charge on any atom is 0.0649 e. The van der Waals surface area contributed by atoms with Gasteiger partial charge in [-0.05, 0) is 53.1 Å². The molecule has 1 aliphatic rings. The quantitative estimate of drug-likeness (QED) is 0.815. The van der Waals surface area contributed by atoms with Crippen molar-refractivity contribution in [3.05, 3.63) is 45.8 Å². The first-order valence-corrected chi connectivity index (χ1v) is 8.42. The second kappa shape index (κ2) is 6.72. The van der Waals surface area contributed by atoms with Gasteiger partial charge in [0.2, 0.25) is 0 Å². The van der Waals surface area contributed by atoms with Gasteiger partial charge in [0.25, 0.3) is 0 Å². The number of aromatic nitrogens is 2. The van der Waals surface area contributed by atoms with E-state index in [0.717, 1.165) is 15.8 Å². The van der Waals surface area contributed by atoms with Crippen LogP contribution < -0.4 is 5.32 Å². The van der Waals surface area contributed by atoms with E-state index in [-0.39, 0.29) is 0 Å². The minimum Gasteiger partial charge on any atom is -0.310 e. The number of hydrogen-bond acceptors (Lipinski definition) is 2. The SMILES string of the molecule is Ic1cnn(-c2cccc(CNC3CCCCC3)c2)c1. The van der Waals surface area contributed by atoms with Crippen molar-refractivity contribution in [1.82, 2.24) is 15.1 Å². The fourth-order valence-corrected chi connectivity index (χ4v) is 3.21. The Morgan fingerprint density at radius 1 is 1.25 bits per heavy atom. The van der Waals surface area contributed by atoms with Gasteiger partial charge in [0, 0.05) is 18.8 Å². The highest BCUT2D eigenvalue weighted by molar-refractivity contribution is 14.1. The fourth-order valence-electron chi connectivity index (χ4n) is 2.82. The van der Waals surface area contributed by atoms with Crippen molar-refractivity contribution in [2.45, 2.75) is 44.7 Å². The molecule has 0 bridgehead atoms. The summed E-state index contributed by atoms with van der Waals surface area (Å²) in [5.74, 6) is 0. The van der Waals surface area contributed by atoms with E-state index in [1.807, 2.05) is 17.1 Å². The molecule has 0 saturated heterocycles. The summed E-state index contributed by atoms with van der Waals surface area (Å²) in [7, 11) is 0. The van der Waals surface area contributed by atoms with Crippen molar-refractivity contribution in [2.75, 3.05) is 0 Å². The molecule has 2 aromatic rings. The standard InChI is InChI=1S/C16H20IN3/c17-14-11-19-20(12-14)16-8-4-5-13(9-16)10-18-15-6-2-1-3-7-15/h4-5,8-9,11-12,15,18H,1-3,6-7,10H2. The molecule has 0 atom stereocenters. The van der Waals surface area contributed by atoms with Gasteiger partial charge < -0.3 is 5.32 Å². The van der Waals surface area contributed by atoms with E-state index in [2.05, 4.69) is 57.3 Å². The van der Waals surface area contributed by atoms with Crippen LogP contribution in [-0.2, 0) is 6.54 Å². The highest BCUT2D eigenvalue weighted by Crippen LogP contribution is 2.18. The lowest BCUT2D eigenvalue weighted by atomic mass is 9.95. The molecule has 0 spiro atoms. The first kappa shape index (κ1) is 14.1. The van der Waals surface area contributed by atoms with Crippen LogP contribution in [0.2, 0.25) is 0 Å². The minimum atomic E-state index is 0.707. The molecule has 1 N–H and O–H groups in total. The van der Waals surface area contributed by atoms with Crippen molar-refractivity contribution in [1.29, 1.82) is 0 Å². The normalized spacial score (nSPS) is 16.4. The third kappa shape index (κ3) is 3.61. The van der Waals surface area contributed by atoms with Crippen LogP contribution in [0.15, 0.2) is 36.7 Å². The number of nitrogens with zero attached hydrogens (tertiary/aromatic N) is 2. The zero-order valence-electron chi connectivity index (χ0n) is 11.6. The molecule has 0 radical (unpaired) electrons. The first-order valence-electron chi connectivity index (χ1n) is 7.34. The van der Waals surface area contributed by atoms with Gasteiger partial charge in [-0.2, -0.15) is 5.10 Å². The van der Waals surface area contributed by atoms with Gasteiger partial charge in [-0.25, -0.2) is 4.68 Å². The van der Waals surface area contributed by atoms with Crippen LogP contribution >= 0.6 is 22.6 Å². The van der Waals surface area contributed by atoms with E-state index >= 15 is 0 Å². The average molecular weight is 381 g/mol. The molecule has 1 heterocycles. The van der Waals surface area contributed by atoms with Crippen LogP contribution in [0, 0.1) is 3.57 Å². The van der Waals surface area contributed by atoms with Crippen molar-refractivity contribution in [3.63, 3.8) is 0 Å². The molecular weight excluding hydrogens is 361 g/mol. The zero-order valence-corrected chi connectivity index (χ0v) is 13.7. The number of benzene rings is 1. The third-order valence-corrected chi connectivity index (χ3v) is 4.48. The van der Waals surface area contributed by atoms with E-state index in [9.17, 15) is 0 Å². The second-order valence-electron chi connectivity index (χ2n) is 5.49. The molecule has 1 aromatic heterocycles. The fraction of sp³-hybridized carbons (Fsp3) is 0.438. The molecule has 3 nitrogen and oxygen atoms in total. The highest BCUT2D eigenvalue weighted by atomic mass is 127. The number of hydrogen-bond donors (Lipinski definition) is 1. The van der Waals surface area contributed by atoms with Crippen LogP contribution in [0.5, 0.6) is 0 Å². The smallest absolute Gasteiger partial charge is 0.0649 e. The van der Waals surface area contributed by atoms with Gasteiger partial charge in [-0.3, -0.25) is 0 Å². The third-order valence-electron chi connectivity index (χ3n) is 3.93. The summed E-state index contributed by atoms with van der Waals surface area (Å²) in [6.07, 6.45) is 10.8. The van der Waals surface area contributed by atoms with Crippen molar-refractivity contribution in [3.8, 4) is 5.69 Å². The Balaban J connectivity index is 1.65.